The van der Waals surface area contributed by atoms with Crippen LogP contribution in [0.2, 0.25) is 0 Å². The van der Waals surface area contributed by atoms with E-state index in [2.05, 4.69) is 52.9 Å². The highest BCUT2D eigenvalue weighted by atomic mass is 35.5. The summed E-state index contributed by atoms with van der Waals surface area (Å²) in [5, 5.41) is 4.82. The summed E-state index contributed by atoms with van der Waals surface area (Å²) in [7, 11) is 0. The van der Waals surface area contributed by atoms with Crippen molar-refractivity contribution >= 4 is 23.3 Å². The van der Waals surface area contributed by atoms with Gasteiger partial charge in [0.15, 0.2) is 11.5 Å². The second-order valence-corrected chi connectivity index (χ2v) is 5.93. The predicted octanol–water partition coefficient (Wildman–Crippen LogP) is 4.72. The quantitative estimate of drug-likeness (QED) is 0.533. The molecular formula is C21H27ClN2O2. The number of H-pyrrole nitrogens is 1. The molecule has 0 radical (unpaired) electrons. The SMILES string of the molecule is CCOc1ccc(CNCCc2c[nH]c3ccccc23)cc1OCC.Cl. The lowest BCUT2D eigenvalue weighted by Crippen LogP contribution is -2.16. The smallest absolute Gasteiger partial charge is 0.161 e. The number of ether oxygens (including phenoxy) is 2. The second-order valence-electron chi connectivity index (χ2n) is 5.93. The summed E-state index contributed by atoms with van der Waals surface area (Å²) >= 11 is 0. The third-order valence-corrected chi connectivity index (χ3v) is 4.18. The van der Waals surface area contributed by atoms with Gasteiger partial charge < -0.3 is 19.8 Å². The second kappa shape index (κ2) is 10.1. The van der Waals surface area contributed by atoms with Crippen molar-refractivity contribution in [2.75, 3.05) is 19.8 Å². The predicted molar refractivity (Wildman–Crippen MR) is 110 cm³/mol. The number of para-hydroxylation sites is 1. The van der Waals surface area contributed by atoms with Crippen molar-refractivity contribution in [3.8, 4) is 11.5 Å². The monoisotopic (exact) mass is 374 g/mol. The van der Waals surface area contributed by atoms with Gasteiger partial charge in [-0.2, -0.15) is 0 Å². The fourth-order valence-electron chi connectivity index (χ4n) is 3.00. The molecule has 0 fully saturated rings. The number of halogens is 1. The molecule has 0 saturated carbocycles. The number of benzene rings is 2. The molecule has 0 aliphatic rings. The van der Waals surface area contributed by atoms with Crippen LogP contribution in [0.5, 0.6) is 11.5 Å². The first kappa shape index (κ1) is 20.1. The van der Waals surface area contributed by atoms with Crippen LogP contribution in [0.15, 0.2) is 48.7 Å². The van der Waals surface area contributed by atoms with Gasteiger partial charge in [0.2, 0.25) is 0 Å². The van der Waals surface area contributed by atoms with Crippen molar-refractivity contribution in [3.63, 3.8) is 0 Å². The largest absolute Gasteiger partial charge is 0.490 e. The van der Waals surface area contributed by atoms with Crippen molar-refractivity contribution in [1.29, 1.82) is 0 Å². The first-order valence-corrected chi connectivity index (χ1v) is 8.96. The molecule has 1 heterocycles. The van der Waals surface area contributed by atoms with Gasteiger partial charge in [0.1, 0.15) is 0 Å². The molecule has 1 aromatic heterocycles. The Labute approximate surface area is 161 Å². The van der Waals surface area contributed by atoms with Gasteiger partial charge in [-0.15, -0.1) is 12.4 Å². The molecule has 0 saturated heterocycles. The van der Waals surface area contributed by atoms with E-state index in [0.717, 1.165) is 31.0 Å². The average molecular weight is 375 g/mol. The van der Waals surface area contributed by atoms with Crippen LogP contribution in [0.4, 0.5) is 0 Å². The highest BCUT2D eigenvalue weighted by Gasteiger charge is 2.06. The number of hydrogen-bond donors (Lipinski definition) is 2. The minimum atomic E-state index is 0. The van der Waals surface area contributed by atoms with Crippen LogP contribution in [0, 0.1) is 0 Å². The van der Waals surface area contributed by atoms with E-state index in [-0.39, 0.29) is 12.4 Å². The maximum absolute atomic E-state index is 5.69. The molecule has 0 aliphatic heterocycles. The topological polar surface area (TPSA) is 46.3 Å². The van der Waals surface area contributed by atoms with Gasteiger partial charge in [0.05, 0.1) is 13.2 Å². The van der Waals surface area contributed by atoms with Crippen molar-refractivity contribution in [2.45, 2.75) is 26.8 Å². The standard InChI is InChI=1S/C21H26N2O2.ClH/c1-3-24-20-10-9-16(13-21(20)25-4-2)14-22-12-11-17-15-23-19-8-6-5-7-18(17)19;/h5-10,13,15,22-23H,3-4,11-12,14H2,1-2H3;1H. The third kappa shape index (κ3) is 4.93. The molecule has 0 bridgehead atoms. The van der Waals surface area contributed by atoms with Crippen LogP contribution in [-0.2, 0) is 13.0 Å². The molecular weight excluding hydrogens is 348 g/mol. The normalized spacial score (nSPS) is 10.5. The third-order valence-electron chi connectivity index (χ3n) is 4.18. The lowest BCUT2D eigenvalue weighted by molar-refractivity contribution is 0.287. The summed E-state index contributed by atoms with van der Waals surface area (Å²) in [5.41, 5.74) is 3.75. The van der Waals surface area contributed by atoms with Gasteiger partial charge in [-0.1, -0.05) is 24.3 Å². The Kier molecular flexibility index (Phi) is 7.82. The molecule has 0 amide bonds. The van der Waals surface area contributed by atoms with Crippen molar-refractivity contribution in [1.82, 2.24) is 10.3 Å². The molecule has 2 aromatic carbocycles. The van der Waals surface area contributed by atoms with Crippen molar-refractivity contribution in [3.05, 3.63) is 59.8 Å². The fraction of sp³-hybridized carbons (Fsp3) is 0.333. The highest BCUT2D eigenvalue weighted by Crippen LogP contribution is 2.28. The molecule has 0 unspecified atom stereocenters. The van der Waals surface area contributed by atoms with Gasteiger partial charge in [0, 0.05) is 23.6 Å². The molecule has 3 aromatic rings. The summed E-state index contributed by atoms with van der Waals surface area (Å²) in [6.07, 6.45) is 3.11. The maximum atomic E-state index is 5.69. The van der Waals surface area contributed by atoms with Crippen LogP contribution in [0.1, 0.15) is 25.0 Å². The van der Waals surface area contributed by atoms with E-state index in [1.54, 1.807) is 0 Å². The Morgan fingerprint density at radius 1 is 0.962 bits per heavy atom. The zero-order valence-corrected chi connectivity index (χ0v) is 16.2. The minimum Gasteiger partial charge on any atom is -0.490 e. The highest BCUT2D eigenvalue weighted by molar-refractivity contribution is 5.85. The summed E-state index contributed by atoms with van der Waals surface area (Å²) in [6.45, 7) is 6.99. The molecule has 3 rings (SSSR count). The summed E-state index contributed by atoms with van der Waals surface area (Å²) in [6, 6.07) is 14.6. The van der Waals surface area contributed by atoms with Crippen LogP contribution in [-0.4, -0.2) is 24.7 Å². The number of nitrogens with one attached hydrogen (secondary N) is 2. The lowest BCUT2D eigenvalue weighted by atomic mass is 10.1. The van der Waals surface area contributed by atoms with E-state index in [0.29, 0.717) is 13.2 Å². The summed E-state index contributed by atoms with van der Waals surface area (Å²) < 4.78 is 11.3. The van der Waals surface area contributed by atoms with Gasteiger partial charge in [-0.25, -0.2) is 0 Å². The first-order chi connectivity index (χ1) is 12.3. The van der Waals surface area contributed by atoms with E-state index in [1.165, 1.54) is 22.0 Å². The number of rotatable bonds is 9. The van der Waals surface area contributed by atoms with Crippen LogP contribution in [0.25, 0.3) is 10.9 Å². The Morgan fingerprint density at radius 3 is 2.54 bits per heavy atom. The zero-order valence-electron chi connectivity index (χ0n) is 15.4. The minimum absolute atomic E-state index is 0. The lowest BCUT2D eigenvalue weighted by Gasteiger charge is -2.12. The van der Waals surface area contributed by atoms with Gasteiger partial charge in [-0.05, 0) is 56.1 Å². The number of aromatic nitrogens is 1. The van der Waals surface area contributed by atoms with Crippen molar-refractivity contribution < 1.29 is 9.47 Å². The van der Waals surface area contributed by atoms with Gasteiger partial charge in [0.25, 0.3) is 0 Å². The van der Waals surface area contributed by atoms with Gasteiger partial charge >= 0.3 is 0 Å². The fourth-order valence-corrected chi connectivity index (χ4v) is 3.00. The Bertz CT molecular complexity index is 817. The Morgan fingerprint density at radius 2 is 1.73 bits per heavy atom. The molecule has 5 heteroatoms. The number of hydrogen-bond acceptors (Lipinski definition) is 3. The van der Waals surface area contributed by atoms with E-state index in [1.807, 2.05) is 19.9 Å². The Balaban J connectivity index is 0.00000243. The van der Waals surface area contributed by atoms with E-state index >= 15 is 0 Å². The molecule has 0 spiro atoms. The molecule has 4 nitrogen and oxygen atoms in total. The molecule has 2 N–H and O–H groups in total. The van der Waals surface area contributed by atoms with E-state index in [4.69, 9.17) is 9.47 Å². The van der Waals surface area contributed by atoms with Crippen LogP contribution in [0.3, 0.4) is 0 Å². The van der Waals surface area contributed by atoms with E-state index in [9.17, 15) is 0 Å². The molecule has 140 valence electrons. The average Bonchev–Trinajstić information content (AvgIpc) is 3.04. The van der Waals surface area contributed by atoms with Crippen LogP contribution < -0.4 is 14.8 Å². The molecule has 0 atom stereocenters. The summed E-state index contributed by atoms with van der Waals surface area (Å²) in [5.74, 6) is 1.63. The zero-order chi connectivity index (χ0) is 17.5. The molecule has 26 heavy (non-hydrogen) atoms. The number of fused-ring (bicyclic) bond motifs is 1. The first-order valence-electron chi connectivity index (χ1n) is 8.96. The summed E-state index contributed by atoms with van der Waals surface area (Å²) in [4.78, 5) is 3.33. The maximum Gasteiger partial charge on any atom is 0.161 e. The Hall–Kier alpha value is -2.17. The van der Waals surface area contributed by atoms with E-state index < -0.39 is 0 Å². The molecule has 0 aliphatic carbocycles. The number of aromatic amines is 1. The van der Waals surface area contributed by atoms with Gasteiger partial charge in [-0.3, -0.25) is 0 Å². The van der Waals surface area contributed by atoms with Crippen molar-refractivity contribution in [2.24, 2.45) is 0 Å². The van der Waals surface area contributed by atoms with Crippen LogP contribution >= 0.6 is 12.4 Å².